The lowest BCUT2D eigenvalue weighted by atomic mass is 9.79. The number of anilines is 1. The molecule has 130 valence electrons. The minimum atomic E-state index is -1.05. The highest BCUT2D eigenvalue weighted by atomic mass is 16.4. The Hall–Kier alpha value is -2.37. The number of amides is 2. The van der Waals surface area contributed by atoms with E-state index in [9.17, 15) is 19.5 Å². The lowest BCUT2D eigenvalue weighted by Crippen LogP contribution is -2.34. The van der Waals surface area contributed by atoms with Gasteiger partial charge in [-0.2, -0.15) is 0 Å². The number of carbonyl (C=O) groups is 3. The van der Waals surface area contributed by atoms with Crippen LogP contribution in [0.5, 0.6) is 0 Å². The Labute approximate surface area is 141 Å². The summed E-state index contributed by atoms with van der Waals surface area (Å²) in [6.45, 7) is 3.54. The van der Waals surface area contributed by atoms with E-state index in [0.29, 0.717) is 24.1 Å². The van der Waals surface area contributed by atoms with Crippen LogP contribution in [0.15, 0.2) is 24.3 Å². The molecule has 1 aliphatic carbocycles. The summed E-state index contributed by atoms with van der Waals surface area (Å²) < 4.78 is 0. The molecule has 0 heterocycles. The van der Waals surface area contributed by atoms with Crippen LogP contribution in [-0.4, -0.2) is 28.9 Å². The largest absolute Gasteiger partial charge is 0.481 e. The number of carboxylic acid groups (broad SMARTS) is 1. The van der Waals surface area contributed by atoms with E-state index in [4.69, 9.17) is 0 Å². The molecule has 1 fully saturated rings. The number of aliphatic carboxylic acids is 1. The lowest BCUT2D eigenvalue weighted by Gasteiger charge is -2.25. The fraction of sp³-hybridized carbons (Fsp3) is 0.500. The molecule has 0 unspecified atom stereocenters. The van der Waals surface area contributed by atoms with E-state index in [1.807, 2.05) is 0 Å². The maximum absolute atomic E-state index is 12.2. The minimum absolute atomic E-state index is 0.0895. The number of nitrogens with one attached hydrogen (secondary N) is 2. The zero-order valence-corrected chi connectivity index (χ0v) is 14.1. The van der Waals surface area contributed by atoms with Crippen LogP contribution in [0, 0.1) is 5.41 Å². The molecule has 1 aromatic rings. The predicted molar refractivity (Wildman–Crippen MR) is 90.8 cm³/mol. The van der Waals surface area contributed by atoms with E-state index in [0.717, 1.165) is 12.8 Å². The van der Waals surface area contributed by atoms with Gasteiger partial charge in [-0.1, -0.05) is 19.9 Å². The zero-order chi connectivity index (χ0) is 17.7. The molecule has 1 aliphatic rings. The minimum Gasteiger partial charge on any atom is -0.481 e. The van der Waals surface area contributed by atoms with Gasteiger partial charge in [-0.3, -0.25) is 14.4 Å². The van der Waals surface area contributed by atoms with Gasteiger partial charge in [0.2, 0.25) is 5.91 Å². The van der Waals surface area contributed by atoms with Crippen molar-refractivity contribution in [3.05, 3.63) is 29.8 Å². The first-order valence-electron chi connectivity index (χ1n) is 8.34. The molecule has 0 aromatic heterocycles. The van der Waals surface area contributed by atoms with Gasteiger partial charge in [0.1, 0.15) is 0 Å². The number of rotatable bonds is 8. The number of carbonyl (C=O) groups excluding carboxylic acids is 2. The van der Waals surface area contributed by atoms with Gasteiger partial charge in [0, 0.05) is 23.7 Å². The Morgan fingerprint density at radius 1 is 1.21 bits per heavy atom. The zero-order valence-electron chi connectivity index (χ0n) is 14.1. The molecule has 0 radical (unpaired) electrons. The fourth-order valence-corrected chi connectivity index (χ4v) is 2.63. The third-order valence-corrected chi connectivity index (χ3v) is 4.63. The van der Waals surface area contributed by atoms with Gasteiger partial charge < -0.3 is 15.7 Å². The monoisotopic (exact) mass is 332 g/mol. The van der Waals surface area contributed by atoms with Crippen LogP contribution in [0.3, 0.4) is 0 Å². The van der Waals surface area contributed by atoms with Crippen LogP contribution < -0.4 is 10.6 Å². The second kappa shape index (κ2) is 7.47. The molecular weight excluding hydrogens is 308 g/mol. The van der Waals surface area contributed by atoms with Gasteiger partial charge >= 0.3 is 5.97 Å². The van der Waals surface area contributed by atoms with E-state index < -0.39 is 11.4 Å². The van der Waals surface area contributed by atoms with Crippen LogP contribution in [0.4, 0.5) is 5.69 Å². The summed E-state index contributed by atoms with van der Waals surface area (Å²) in [6, 6.07) is 6.94. The van der Waals surface area contributed by atoms with Gasteiger partial charge in [-0.15, -0.1) is 0 Å². The van der Waals surface area contributed by atoms with Gasteiger partial charge in [0.25, 0.3) is 5.91 Å². The van der Waals surface area contributed by atoms with E-state index in [1.165, 1.54) is 0 Å². The van der Waals surface area contributed by atoms with Crippen LogP contribution in [0.25, 0.3) is 0 Å². The van der Waals surface area contributed by atoms with Gasteiger partial charge in [-0.25, -0.2) is 0 Å². The van der Waals surface area contributed by atoms with E-state index in [-0.39, 0.29) is 24.3 Å². The Morgan fingerprint density at radius 3 is 2.42 bits per heavy atom. The van der Waals surface area contributed by atoms with Crippen molar-refractivity contribution >= 4 is 23.5 Å². The second-order valence-electron chi connectivity index (χ2n) is 6.35. The highest BCUT2D eigenvalue weighted by Gasteiger charge is 2.37. The fourth-order valence-electron chi connectivity index (χ4n) is 2.63. The molecule has 0 saturated heterocycles. The molecule has 6 nitrogen and oxygen atoms in total. The van der Waals surface area contributed by atoms with Gasteiger partial charge in [0.15, 0.2) is 0 Å². The number of carboxylic acids is 1. The first kappa shape index (κ1) is 18.0. The molecule has 2 amide bonds. The first-order chi connectivity index (χ1) is 11.4. The molecule has 1 aromatic carbocycles. The molecule has 2 rings (SSSR count). The molecule has 0 bridgehead atoms. The van der Waals surface area contributed by atoms with Crippen molar-refractivity contribution in [3.8, 4) is 0 Å². The maximum Gasteiger partial charge on any atom is 0.310 e. The van der Waals surface area contributed by atoms with Gasteiger partial charge in [0.05, 0.1) is 5.41 Å². The van der Waals surface area contributed by atoms with Crippen molar-refractivity contribution in [2.75, 3.05) is 5.32 Å². The first-order valence-corrected chi connectivity index (χ1v) is 8.34. The number of hydrogen-bond donors (Lipinski definition) is 3. The van der Waals surface area contributed by atoms with Crippen molar-refractivity contribution < 1.29 is 19.5 Å². The maximum atomic E-state index is 12.2. The van der Waals surface area contributed by atoms with Crippen LogP contribution in [-0.2, 0) is 9.59 Å². The third-order valence-electron chi connectivity index (χ3n) is 4.63. The molecule has 6 heteroatoms. The summed E-state index contributed by atoms with van der Waals surface area (Å²) in [5, 5.41) is 15.0. The Bertz CT molecular complexity index is 634. The lowest BCUT2D eigenvalue weighted by molar-refractivity contribution is -0.151. The standard InChI is InChI=1S/C18H24N2O4/c1-3-18(4-2,17(23)24)11-15(21)19-14-7-5-6-12(10-14)16(22)20-13-8-9-13/h5-7,10,13H,3-4,8-9,11H2,1-2H3,(H,19,21)(H,20,22)(H,23,24). The predicted octanol–water partition coefficient (Wildman–Crippen LogP) is 2.80. The molecule has 0 aliphatic heterocycles. The average molecular weight is 332 g/mol. The smallest absolute Gasteiger partial charge is 0.310 e. The number of benzene rings is 1. The SMILES string of the molecule is CCC(CC)(CC(=O)Nc1cccc(C(=O)NC2CC2)c1)C(=O)O. The van der Waals surface area contributed by atoms with Crippen molar-refractivity contribution in [2.45, 2.75) is 52.0 Å². The van der Waals surface area contributed by atoms with Crippen molar-refractivity contribution in [1.82, 2.24) is 5.32 Å². The van der Waals surface area contributed by atoms with Gasteiger partial charge in [-0.05, 0) is 43.9 Å². The van der Waals surface area contributed by atoms with E-state index in [2.05, 4.69) is 10.6 Å². The summed E-state index contributed by atoms with van der Waals surface area (Å²) >= 11 is 0. The Morgan fingerprint density at radius 2 is 1.88 bits per heavy atom. The Kier molecular flexibility index (Phi) is 5.59. The highest BCUT2D eigenvalue weighted by Crippen LogP contribution is 2.31. The number of hydrogen-bond acceptors (Lipinski definition) is 3. The summed E-state index contributed by atoms with van der Waals surface area (Å²) in [6.07, 6.45) is 2.70. The second-order valence-corrected chi connectivity index (χ2v) is 6.35. The van der Waals surface area contributed by atoms with Crippen LogP contribution >= 0.6 is 0 Å². The average Bonchev–Trinajstić information content (AvgIpc) is 3.36. The topological polar surface area (TPSA) is 95.5 Å². The molecule has 24 heavy (non-hydrogen) atoms. The molecule has 1 saturated carbocycles. The van der Waals surface area contributed by atoms with Crippen molar-refractivity contribution in [2.24, 2.45) is 5.41 Å². The molecule has 0 atom stereocenters. The van der Waals surface area contributed by atoms with E-state index >= 15 is 0 Å². The molecule has 0 spiro atoms. The van der Waals surface area contributed by atoms with Crippen LogP contribution in [0.2, 0.25) is 0 Å². The Balaban J connectivity index is 2.03. The molecular formula is C18H24N2O4. The molecule has 3 N–H and O–H groups in total. The van der Waals surface area contributed by atoms with Crippen molar-refractivity contribution in [3.63, 3.8) is 0 Å². The summed E-state index contributed by atoms with van der Waals surface area (Å²) in [5.74, 6) is -1.48. The highest BCUT2D eigenvalue weighted by molar-refractivity contribution is 5.98. The summed E-state index contributed by atoms with van der Waals surface area (Å²) in [5.41, 5.74) is -0.0736. The summed E-state index contributed by atoms with van der Waals surface area (Å²) in [4.78, 5) is 35.8. The van der Waals surface area contributed by atoms with Crippen LogP contribution in [0.1, 0.15) is 56.3 Å². The van der Waals surface area contributed by atoms with Crippen molar-refractivity contribution in [1.29, 1.82) is 0 Å². The van der Waals surface area contributed by atoms with E-state index in [1.54, 1.807) is 38.1 Å². The normalized spacial score (nSPS) is 14.1. The quantitative estimate of drug-likeness (QED) is 0.682. The summed E-state index contributed by atoms with van der Waals surface area (Å²) in [7, 11) is 0. The third kappa shape index (κ3) is 4.34.